The molecule has 2 heterocycles. The van der Waals surface area contributed by atoms with Crippen LogP contribution in [0.3, 0.4) is 0 Å². The number of aromatic nitrogens is 3. The number of fused-ring (bicyclic) bond motifs is 1. The minimum Gasteiger partial charge on any atom is -0.507 e. The number of aromatic hydroxyl groups is 1. The molecular formula is C58H52N3OPt-. The predicted molar refractivity (Wildman–Crippen MR) is 259 cm³/mol. The second kappa shape index (κ2) is 18.2. The third-order valence-electron chi connectivity index (χ3n) is 11.8. The molecule has 5 heteroatoms. The summed E-state index contributed by atoms with van der Waals surface area (Å²) in [5.74, 6) is 0.201. The summed E-state index contributed by atoms with van der Waals surface area (Å²) in [6.07, 6.45) is 1.83. The van der Waals surface area contributed by atoms with Crippen molar-refractivity contribution in [3.8, 4) is 78.6 Å². The minimum atomic E-state index is -2.33. The Balaban J connectivity index is 0.00000608. The number of imidazole rings is 1. The van der Waals surface area contributed by atoms with E-state index in [2.05, 4.69) is 92.9 Å². The third kappa shape index (κ3) is 8.58. The van der Waals surface area contributed by atoms with Gasteiger partial charge in [0.15, 0.2) is 0 Å². The number of phenols is 1. The molecule has 1 N–H and O–H groups in total. The number of nitrogens with zero attached hydrogens (tertiary/aromatic N) is 3. The molecule has 316 valence electrons. The molecule has 0 saturated heterocycles. The molecule has 9 aromatic rings. The molecule has 7 aromatic carbocycles. The van der Waals surface area contributed by atoms with Crippen LogP contribution in [0, 0.1) is 12.9 Å². The zero-order chi connectivity index (χ0) is 46.5. The van der Waals surface area contributed by atoms with Crippen molar-refractivity contribution < 1.29 is 31.7 Å². The topological polar surface area (TPSA) is 50.9 Å². The molecule has 0 spiro atoms. The van der Waals surface area contributed by atoms with Gasteiger partial charge >= 0.3 is 0 Å². The van der Waals surface area contributed by atoms with Gasteiger partial charge < -0.3 is 5.11 Å². The molecule has 0 aliphatic carbocycles. The molecule has 0 bridgehead atoms. The average Bonchev–Trinajstić information content (AvgIpc) is 3.70. The minimum absolute atomic E-state index is 0. The van der Waals surface area contributed by atoms with Crippen LogP contribution in [-0.2, 0) is 21.1 Å². The average molecular weight is 1010 g/mol. The van der Waals surface area contributed by atoms with Crippen LogP contribution in [0.4, 0.5) is 0 Å². The molecule has 0 saturated carbocycles. The quantitative estimate of drug-likeness (QED) is 0.139. The molecule has 9 rings (SSSR count). The second-order valence-corrected chi connectivity index (χ2v) is 16.9. The molecule has 0 fully saturated rings. The Bertz CT molecular complexity index is 3230. The van der Waals surface area contributed by atoms with Gasteiger partial charge in [0, 0.05) is 44.0 Å². The van der Waals surface area contributed by atoms with Crippen LogP contribution in [0.5, 0.6) is 5.75 Å². The van der Waals surface area contributed by atoms with Gasteiger partial charge in [-0.2, -0.15) is 0 Å². The largest absolute Gasteiger partial charge is 0.507 e. The fourth-order valence-electron chi connectivity index (χ4n) is 8.35. The van der Waals surface area contributed by atoms with E-state index in [4.69, 9.17) is 15.5 Å². The maximum Gasteiger partial charge on any atom is 0.148 e. The summed E-state index contributed by atoms with van der Waals surface area (Å²) in [7, 11) is 0. The number of phenolic OH excluding ortho intramolecular Hbond substituents is 1. The number of hydrogen-bond acceptors (Lipinski definition) is 3. The summed E-state index contributed by atoms with van der Waals surface area (Å²) < 4.78 is 35.7. The van der Waals surface area contributed by atoms with Crippen molar-refractivity contribution in [3.05, 3.63) is 192 Å². The van der Waals surface area contributed by atoms with Crippen molar-refractivity contribution in [1.29, 1.82) is 0 Å². The summed E-state index contributed by atoms with van der Waals surface area (Å²) in [6, 6.07) is 55.9. The molecule has 63 heavy (non-hydrogen) atoms. The first-order chi connectivity index (χ1) is 31.5. The van der Waals surface area contributed by atoms with Gasteiger partial charge in [0.2, 0.25) is 0 Å². The Morgan fingerprint density at radius 1 is 0.587 bits per heavy atom. The first kappa shape index (κ1) is 38.3. The fraction of sp³-hybridized carbons (Fsp3) is 0.172. The van der Waals surface area contributed by atoms with Gasteiger partial charge in [-0.05, 0) is 93.9 Å². The third-order valence-corrected chi connectivity index (χ3v) is 11.8. The fourth-order valence-corrected chi connectivity index (χ4v) is 8.35. The number of hydrogen-bond donors (Lipinski definition) is 1. The van der Waals surface area contributed by atoms with Crippen molar-refractivity contribution in [2.75, 3.05) is 0 Å². The van der Waals surface area contributed by atoms with Crippen LogP contribution in [0.1, 0.15) is 87.0 Å². The molecular weight excluding hydrogens is 950 g/mol. The smallest absolute Gasteiger partial charge is 0.148 e. The Labute approximate surface area is 392 Å². The maximum absolute atomic E-state index is 12.3. The predicted octanol–water partition coefficient (Wildman–Crippen LogP) is 15.6. The molecule has 4 nitrogen and oxygen atoms in total. The zero-order valence-corrected chi connectivity index (χ0v) is 38.6. The van der Waals surface area contributed by atoms with E-state index < -0.39 is 12.7 Å². The molecule has 0 atom stereocenters. The normalized spacial score (nSPS) is 12.8. The van der Waals surface area contributed by atoms with Gasteiger partial charge in [-0.15, -0.1) is 23.8 Å². The second-order valence-electron chi connectivity index (χ2n) is 16.9. The van der Waals surface area contributed by atoms with Crippen LogP contribution in [0.2, 0.25) is 0 Å². The molecule has 0 amide bonds. The van der Waals surface area contributed by atoms with E-state index in [1.807, 2.05) is 111 Å². The molecule has 0 radical (unpaired) electrons. The first-order valence-electron chi connectivity index (χ1n) is 23.3. The van der Waals surface area contributed by atoms with E-state index in [0.29, 0.717) is 16.9 Å². The van der Waals surface area contributed by atoms with Crippen molar-refractivity contribution in [1.82, 2.24) is 14.5 Å². The SMILES string of the molecule is [2H]C([2H])([2H])c1ccc(-n2c(-c3cc(C(C)C)cc(C(C)C)c3O)nc3c(-c4[c-]c(-c5cc(-c6ccc(C([2H])(C)C)cc6)ccn5)cc(-c5ccccc5)c4)cccc32)c(-c2ccccc2)c1.[Pt]. The van der Waals surface area contributed by atoms with E-state index in [-0.39, 0.29) is 44.2 Å². The number of aryl methyl sites for hydroxylation is 1. The summed E-state index contributed by atoms with van der Waals surface area (Å²) in [4.78, 5) is 10.4. The molecule has 0 unspecified atom stereocenters. The Kier molecular flexibility index (Phi) is 11.1. The maximum atomic E-state index is 12.3. The number of pyridine rings is 1. The molecule has 2 aromatic heterocycles. The van der Waals surface area contributed by atoms with Crippen LogP contribution < -0.4 is 0 Å². The summed E-state index contributed by atoms with van der Waals surface area (Å²) in [5.41, 5.74) is 14.7. The van der Waals surface area contributed by atoms with E-state index >= 15 is 0 Å². The van der Waals surface area contributed by atoms with Gasteiger partial charge in [0.25, 0.3) is 0 Å². The van der Waals surface area contributed by atoms with Crippen molar-refractivity contribution in [2.24, 2.45) is 0 Å². The van der Waals surface area contributed by atoms with E-state index in [1.54, 1.807) is 12.1 Å². The number of para-hydroxylation sites is 1. The zero-order valence-electron chi connectivity index (χ0n) is 40.3. The van der Waals surface area contributed by atoms with Crippen LogP contribution in [0.25, 0.3) is 83.9 Å². The van der Waals surface area contributed by atoms with Crippen LogP contribution in [-0.4, -0.2) is 19.6 Å². The summed E-state index contributed by atoms with van der Waals surface area (Å²) in [6.45, 7) is 9.91. The van der Waals surface area contributed by atoms with E-state index in [0.717, 1.165) is 83.7 Å². The van der Waals surface area contributed by atoms with Gasteiger partial charge in [-0.25, -0.2) is 4.98 Å². The van der Waals surface area contributed by atoms with E-state index in [1.165, 1.54) is 0 Å². The summed E-state index contributed by atoms with van der Waals surface area (Å²) >= 11 is 0. The standard InChI is InChI=1S/C58H52N3O.Pt/c1-36(2)40-22-24-42(25-23-40)44-27-28-59-53(35-44)48-31-46(41-15-10-8-11-16-41)30-47(32-48)49-19-14-20-55-56(49)60-58(52-34-45(37(3)4)33-50(38(5)6)57(52)62)61(55)54-26-21-39(7)29-51(54)43-17-12-9-13-18-43;/h8-31,33-38,62H,1-7H3;/q-1;/i7D3,36D;. The van der Waals surface area contributed by atoms with Crippen molar-refractivity contribution >= 4 is 11.0 Å². The van der Waals surface area contributed by atoms with Crippen LogP contribution >= 0.6 is 0 Å². The molecule has 0 aliphatic heterocycles. The van der Waals surface area contributed by atoms with Gasteiger partial charge in [-0.1, -0.05) is 179 Å². The number of rotatable bonds is 10. The van der Waals surface area contributed by atoms with E-state index in [9.17, 15) is 5.11 Å². The first-order valence-corrected chi connectivity index (χ1v) is 21.3. The Morgan fingerprint density at radius 3 is 1.97 bits per heavy atom. The monoisotopic (exact) mass is 1010 g/mol. The van der Waals surface area contributed by atoms with Gasteiger partial charge in [0.1, 0.15) is 11.6 Å². The Hall–Kier alpha value is -6.35. The van der Waals surface area contributed by atoms with Gasteiger partial charge in [0.05, 0.1) is 22.3 Å². The molecule has 0 aliphatic rings. The van der Waals surface area contributed by atoms with Crippen molar-refractivity contribution in [3.63, 3.8) is 0 Å². The number of benzene rings is 7. The Morgan fingerprint density at radius 2 is 1.29 bits per heavy atom. The van der Waals surface area contributed by atoms with Crippen LogP contribution in [0.15, 0.2) is 164 Å². The van der Waals surface area contributed by atoms with Crippen molar-refractivity contribution in [2.45, 2.75) is 66.1 Å². The summed E-state index contributed by atoms with van der Waals surface area (Å²) in [5, 5.41) is 12.3. The van der Waals surface area contributed by atoms with Gasteiger partial charge in [-0.3, -0.25) is 9.55 Å².